The lowest BCUT2D eigenvalue weighted by molar-refractivity contribution is 1.19. The fourth-order valence-corrected chi connectivity index (χ4v) is 5.39. The largest absolute Gasteiger partial charge is 0.367 e. The van der Waals surface area contributed by atoms with Gasteiger partial charge in [-0.25, -0.2) is 15.0 Å². The summed E-state index contributed by atoms with van der Waals surface area (Å²) in [4.78, 5) is 22.5. The highest BCUT2D eigenvalue weighted by Crippen LogP contribution is 2.36. The van der Waals surface area contributed by atoms with E-state index in [9.17, 15) is 0 Å². The summed E-state index contributed by atoms with van der Waals surface area (Å²) in [5.41, 5.74) is 10.6. The highest BCUT2D eigenvalue weighted by molar-refractivity contribution is 6.09. The van der Waals surface area contributed by atoms with E-state index in [1.807, 2.05) is 61.2 Å². The van der Waals surface area contributed by atoms with Crippen LogP contribution in [0.5, 0.6) is 0 Å². The molecule has 0 unspecified atom stereocenters. The third-order valence-corrected chi connectivity index (χ3v) is 7.31. The summed E-state index contributed by atoms with van der Waals surface area (Å²) in [6.07, 6.45) is 9.54. The summed E-state index contributed by atoms with van der Waals surface area (Å²) in [6, 6.07) is 33.3. The zero-order valence-electron chi connectivity index (χ0n) is 21.4. The average molecular weight is 515 g/mol. The molecule has 6 nitrogen and oxygen atoms in total. The molecule has 8 rings (SSSR count). The lowest BCUT2D eigenvalue weighted by Gasteiger charge is -2.12. The van der Waals surface area contributed by atoms with Gasteiger partial charge in [0, 0.05) is 58.4 Å². The van der Waals surface area contributed by atoms with Gasteiger partial charge in [0.05, 0.1) is 17.1 Å². The minimum Gasteiger partial charge on any atom is -0.367 e. The lowest BCUT2D eigenvalue weighted by atomic mass is 9.97. The monoisotopic (exact) mass is 514 g/mol. The summed E-state index contributed by atoms with van der Waals surface area (Å²) in [5.74, 6) is 0. The fourth-order valence-electron chi connectivity index (χ4n) is 5.39. The second-order valence-corrected chi connectivity index (χ2v) is 9.77. The van der Waals surface area contributed by atoms with Gasteiger partial charge < -0.3 is 4.98 Å². The third-order valence-electron chi connectivity index (χ3n) is 7.31. The van der Waals surface area contributed by atoms with Crippen molar-refractivity contribution in [2.24, 2.45) is 0 Å². The molecule has 0 aliphatic heterocycles. The minimum atomic E-state index is 0.854. The Labute approximate surface area is 229 Å². The number of benzene rings is 2. The van der Waals surface area contributed by atoms with E-state index in [0.717, 1.165) is 72.5 Å². The van der Waals surface area contributed by atoms with Crippen LogP contribution in [-0.2, 0) is 0 Å². The normalized spacial score (nSPS) is 11.5. The SMILES string of the molecule is c1cncc(-c2cc(-c3cccc(-c4nc5c(nc6ccccn65)c5ccccc45)c3)cc(-c3cc[nH]c3)n2)c1. The van der Waals surface area contributed by atoms with Crippen molar-refractivity contribution in [2.45, 2.75) is 0 Å². The molecule has 40 heavy (non-hydrogen) atoms. The van der Waals surface area contributed by atoms with E-state index >= 15 is 0 Å². The van der Waals surface area contributed by atoms with Crippen molar-refractivity contribution in [1.82, 2.24) is 29.3 Å². The molecule has 8 aromatic rings. The van der Waals surface area contributed by atoms with E-state index in [1.54, 1.807) is 6.20 Å². The molecule has 6 heterocycles. The Hall–Kier alpha value is -5.62. The maximum absolute atomic E-state index is 5.20. The van der Waals surface area contributed by atoms with Gasteiger partial charge in [0.15, 0.2) is 5.65 Å². The number of nitrogens with zero attached hydrogens (tertiary/aromatic N) is 5. The number of imidazole rings is 1. The van der Waals surface area contributed by atoms with E-state index in [4.69, 9.17) is 15.0 Å². The predicted molar refractivity (Wildman–Crippen MR) is 160 cm³/mol. The second kappa shape index (κ2) is 8.99. The molecule has 0 aliphatic rings. The molecular formula is C34H22N6. The first-order chi connectivity index (χ1) is 19.8. The van der Waals surface area contributed by atoms with Crippen LogP contribution in [-0.4, -0.2) is 29.3 Å². The van der Waals surface area contributed by atoms with Gasteiger partial charge in [-0.05, 0) is 59.7 Å². The number of rotatable bonds is 4. The van der Waals surface area contributed by atoms with Crippen LogP contribution in [0.1, 0.15) is 0 Å². The first-order valence-corrected chi connectivity index (χ1v) is 13.1. The minimum absolute atomic E-state index is 0.854. The molecule has 0 amide bonds. The molecule has 0 aliphatic carbocycles. The molecule has 0 saturated heterocycles. The highest BCUT2D eigenvalue weighted by Gasteiger charge is 2.16. The van der Waals surface area contributed by atoms with Crippen molar-refractivity contribution in [2.75, 3.05) is 0 Å². The lowest BCUT2D eigenvalue weighted by Crippen LogP contribution is -1.93. The number of aromatic nitrogens is 6. The Bertz CT molecular complexity index is 2160. The number of hydrogen-bond donors (Lipinski definition) is 1. The maximum Gasteiger partial charge on any atom is 0.165 e. The topological polar surface area (TPSA) is 71.8 Å². The van der Waals surface area contributed by atoms with E-state index < -0.39 is 0 Å². The van der Waals surface area contributed by atoms with E-state index in [2.05, 4.69) is 75.0 Å². The van der Waals surface area contributed by atoms with Crippen LogP contribution in [0.25, 0.3) is 72.5 Å². The molecule has 6 aromatic heterocycles. The van der Waals surface area contributed by atoms with Gasteiger partial charge >= 0.3 is 0 Å². The Kier molecular flexibility index (Phi) is 5.03. The van der Waals surface area contributed by atoms with Gasteiger partial charge in [-0.3, -0.25) is 9.38 Å². The van der Waals surface area contributed by atoms with Gasteiger partial charge in [0.2, 0.25) is 0 Å². The molecule has 0 fully saturated rings. The summed E-state index contributed by atoms with van der Waals surface area (Å²) < 4.78 is 2.06. The molecule has 0 saturated carbocycles. The molecule has 6 heteroatoms. The first-order valence-electron chi connectivity index (χ1n) is 13.1. The second-order valence-electron chi connectivity index (χ2n) is 9.77. The summed E-state index contributed by atoms with van der Waals surface area (Å²) in [7, 11) is 0. The molecule has 0 radical (unpaired) electrons. The van der Waals surface area contributed by atoms with Gasteiger partial charge in [-0.1, -0.05) is 48.5 Å². The van der Waals surface area contributed by atoms with Crippen LogP contribution < -0.4 is 0 Å². The van der Waals surface area contributed by atoms with Gasteiger partial charge in [0.1, 0.15) is 11.2 Å². The van der Waals surface area contributed by atoms with Gasteiger partial charge in [-0.15, -0.1) is 0 Å². The molecular weight excluding hydrogens is 492 g/mol. The maximum atomic E-state index is 5.20. The smallest absolute Gasteiger partial charge is 0.165 e. The van der Waals surface area contributed by atoms with Gasteiger partial charge in [-0.2, -0.15) is 0 Å². The number of fused-ring (bicyclic) bond motifs is 5. The summed E-state index contributed by atoms with van der Waals surface area (Å²) in [5, 5.41) is 2.17. The quantitative estimate of drug-likeness (QED) is 0.260. The number of pyridine rings is 4. The molecule has 0 atom stereocenters. The van der Waals surface area contributed by atoms with Crippen LogP contribution >= 0.6 is 0 Å². The molecule has 2 aromatic carbocycles. The molecule has 188 valence electrons. The van der Waals surface area contributed by atoms with Crippen molar-refractivity contribution < 1.29 is 0 Å². The average Bonchev–Trinajstić information content (AvgIpc) is 3.70. The van der Waals surface area contributed by atoms with Crippen molar-refractivity contribution >= 4 is 27.6 Å². The molecule has 1 N–H and O–H groups in total. The Balaban J connectivity index is 1.34. The number of hydrogen-bond acceptors (Lipinski definition) is 4. The Morgan fingerprint density at radius 3 is 2.27 bits per heavy atom. The van der Waals surface area contributed by atoms with Crippen LogP contribution in [0.3, 0.4) is 0 Å². The first kappa shape index (κ1) is 22.4. The third kappa shape index (κ3) is 3.66. The van der Waals surface area contributed by atoms with Crippen molar-refractivity contribution in [3.05, 3.63) is 128 Å². The van der Waals surface area contributed by atoms with Crippen molar-refractivity contribution in [1.29, 1.82) is 0 Å². The Morgan fingerprint density at radius 1 is 0.600 bits per heavy atom. The van der Waals surface area contributed by atoms with E-state index in [0.29, 0.717) is 0 Å². The fraction of sp³-hybridized carbons (Fsp3) is 0. The predicted octanol–water partition coefficient (Wildman–Crippen LogP) is 7.82. The van der Waals surface area contributed by atoms with Crippen molar-refractivity contribution in [3.8, 4) is 44.9 Å². The highest BCUT2D eigenvalue weighted by atomic mass is 15.1. The van der Waals surface area contributed by atoms with Crippen LogP contribution in [0, 0.1) is 0 Å². The van der Waals surface area contributed by atoms with Crippen molar-refractivity contribution in [3.63, 3.8) is 0 Å². The number of aromatic amines is 1. The zero-order valence-corrected chi connectivity index (χ0v) is 21.4. The zero-order chi connectivity index (χ0) is 26.5. The number of H-pyrrole nitrogens is 1. The van der Waals surface area contributed by atoms with Crippen LogP contribution in [0.4, 0.5) is 0 Å². The summed E-state index contributed by atoms with van der Waals surface area (Å²) >= 11 is 0. The standard InChI is InChI=1S/C34H22N6/c1-2-11-28-27(10-1)32(39-34-33(28)38-31-12-3-4-16-40(31)34)23-8-5-7-22(17-23)26-18-29(24-9-6-14-35-20-24)37-30(19-26)25-13-15-36-21-25/h1-21,36H. The van der Waals surface area contributed by atoms with Crippen LogP contribution in [0.2, 0.25) is 0 Å². The molecule has 0 bridgehead atoms. The Morgan fingerprint density at radius 2 is 1.43 bits per heavy atom. The molecule has 0 spiro atoms. The van der Waals surface area contributed by atoms with E-state index in [-0.39, 0.29) is 0 Å². The summed E-state index contributed by atoms with van der Waals surface area (Å²) in [6.45, 7) is 0. The van der Waals surface area contributed by atoms with E-state index in [1.165, 1.54) is 0 Å². The number of nitrogens with one attached hydrogen (secondary N) is 1. The van der Waals surface area contributed by atoms with Crippen LogP contribution in [0.15, 0.2) is 128 Å². The van der Waals surface area contributed by atoms with Gasteiger partial charge in [0.25, 0.3) is 0 Å².